The Morgan fingerprint density at radius 3 is 2.74 bits per heavy atom. The number of nitrogens with two attached hydrogens (primary N) is 1. The maximum Gasteiger partial charge on any atom is 0.120 e. The number of thiocarbonyl (C=S) groups is 1. The first-order valence-corrected chi connectivity index (χ1v) is 7.09. The Labute approximate surface area is 122 Å². The van der Waals surface area contributed by atoms with Gasteiger partial charge >= 0.3 is 0 Å². The second kappa shape index (κ2) is 6.04. The van der Waals surface area contributed by atoms with Crippen LogP contribution in [0.4, 0.5) is 5.69 Å². The first-order valence-electron chi connectivity index (χ1n) is 5.87. The first-order chi connectivity index (χ1) is 9.10. The van der Waals surface area contributed by atoms with Crippen LogP contribution in [0.3, 0.4) is 0 Å². The van der Waals surface area contributed by atoms with E-state index in [0.717, 1.165) is 23.5 Å². The molecule has 0 amide bonds. The number of thiophene rings is 1. The van der Waals surface area contributed by atoms with Crippen LogP contribution in [0.25, 0.3) is 0 Å². The minimum Gasteiger partial charge on any atom is -0.497 e. The van der Waals surface area contributed by atoms with Crippen LogP contribution < -0.4 is 15.8 Å². The molecule has 0 aliphatic heterocycles. The van der Waals surface area contributed by atoms with E-state index in [2.05, 4.69) is 24.4 Å². The van der Waals surface area contributed by atoms with Gasteiger partial charge in [-0.05, 0) is 31.2 Å². The molecule has 1 aromatic carbocycles. The molecule has 0 radical (unpaired) electrons. The van der Waals surface area contributed by atoms with Gasteiger partial charge < -0.3 is 15.8 Å². The molecule has 5 heteroatoms. The van der Waals surface area contributed by atoms with Crippen molar-refractivity contribution in [1.29, 1.82) is 0 Å². The second-order valence-corrected chi connectivity index (χ2v) is 5.95. The lowest BCUT2D eigenvalue weighted by Crippen LogP contribution is -2.13. The lowest BCUT2D eigenvalue weighted by Gasteiger charge is -2.12. The van der Waals surface area contributed by atoms with E-state index in [1.807, 2.05) is 18.2 Å². The van der Waals surface area contributed by atoms with E-state index in [9.17, 15) is 0 Å². The van der Waals surface area contributed by atoms with Gasteiger partial charge in [-0.25, -0.2) is 0 Å². The average molecular weight is 292 g/mol. The van der Waals surface area contributed by atoms with Crippen LogP contribution in [0.5, 0.6) is 5.75 Å². The number of hydrogen-bond acceptors (Lipinski definition) is 4. The summed E-state index contributed by atoms with van der Waals surface area (Å²) >= 11 is 6.84. The maximum atomic E-state index is 5.73. The molecule has 1 aromatic heterocycles. The zero-order chi connectivity index (χ0) is 13.8. The van der Waals surface area contributed by atoms with Gasteiger partial charge in [-0.3, -0.25) is 0 Å². The summed E-state index contributed by atoms with van der Waals surface area (Å²) in [6, 6.07) is 9.88. The van der Waals surface area contributed by atoms with Crippen LogP contribution in [0.15, 0.2) is 30.3 Å². The molecule has 0 aliphatic rings. The zero-order valence-corrected chi connectivity index (χ0v) is 12.5. The molecule has 19 heavy (non-hydrogen) atoms. The number of hydrogen-bond donors (Lipinski definition) is 2. The van der Waals surface area contributed by atoms with Crippen LogP contribution >= 0.6 is 23.6 Å². The Morgan fingerprint density at radius 2 is 2.16 bits per heavy atom. The predicted molar refractivity (Wildman–Crippen MR) is 85.3 cm³/mol. The van der Waals surface area contributed by atoms with Gasteiger partial charge in [0.2, 0.25) is 0 Å². The average Bonchev–Trinajstić information content (AvgIpc) is 2.81. The molecular formula is C14H16N2OS2. The molecule has 0 unspecified atom stereocenters. The summed E-state index contributed by atoms with van der Waals surface area (Å²) in [6.07, 6.45) is 0. The van der Waals surface area contributed by atoms with E-state index in [1.54, 1.807) is 18.4 Å². The SMILES string of the molecule is COc1ccc(C(N)=S)c(NCc2ccc(C)s2)c1. The van der Waals surface area contributed by atoms with Crippen LogP contribution in [0, 0.1) is 6.92 Å². The van der Waals surface area contributed by atoms with E-state index >= 15 is 0 Å². The fraction of sp³-hybridized carbons (Fsp3) is 0.214. The largest absolute Gasteiger partial charge is 0.497 e. The van der Waals surface area contributed by atoms with Crippen molar-refractivity contribution in [2.24, 2.45) is 5.73 Å². The minimum atomic E-state index is 0.382. The number of benzene rings is 1. The molecule has 3 nitrogen and oxygen atoms in total. The van der Waals surface area contributed by atoms with E-state index in [-0.39, 0.29) is 0 Å². The van der Waals surface area contributed by atoms with Gasteiger partial charge in [0.15, 0.2) is 0 Å². The highest BCUT2D eigenvalue weighted by Crippen LogP contribution is 2.24. The number of nitrogens with one attached hydrogen (secondary N) is 1. The lowest BCUT2D eigenvalue weighted by atomic mass is 10.1. The summed E-state index contributed by atoms with van der Waals surface area (Å²) in [6.45, 7) is 2.85. The van der Waals surface area contributed by atoms with Crippen molar-refractivity contribution in [2.75, 3.05) is 12.4 Å². The Balaban J connectivity index is 2.19. The highest BCUT2D eigenvalue weighted by molar-refractivity contribution is 7.80. The van der Waals surface area contributed by atoms with E-state index in [1.165, 1.54) is 9.75 Å². The highest BCUT2D eigenvalue weighted by atomic mass is 32.1. The molecule has 0 aliphatic carbocycles. The van der Waals surface area contributed by atoms with E-state index in [0.29, 0.717) is 4.99 Å². The molecule has 0 atom stereocenters. The molecule has 1 heterocycles. The molecule has 0 bridgehead atoms. The fourth-order valence-electron chi connectivity index (χ4n) is 1.77. The Bertz CT molecular complexity index is 593. The van der Waals surface area contributed by atoms with Crippen LogP contribution in [-0.2, 0) is 6.54 Å². The highest BCUT2D eigenvalue weighted by Gasteiger charge is 2.07. The second-order valence-electron chi connectivity index (χ2n) is 4.14. The number of methoxy groups -OCH3 is 1. The normalized spacial score (nSPS) is 10.2. The number of anilines is 1. The van der Waals surface area contributed by atoms with Gasteiger partial charge in [-0.2, -0.15) is 0 Å². The summed E-state index contributed by atoms with van der Waals surface area (Å²) in [5, 5.41) is 3.36. The van der Waals surface area contributed by atoms with Gasteiger partial charge in [-0.15, -0.1) is 11.3 Å². The minimum absolute atomic E-state index is 0.382. The van der Waals surface area contributed by atoms with Crippen LogP contribution in [0.2, 0.25) is 0 Å². The van der Waals surface area contributed by atoms with Crippen molar-refractivity contribution in [1.82, 2.24) is 0 Å². The summed E-state index contributed by atoms with van der Waals surface area (Å²) < 4.78 is 5.22. The summed E-state index contributed by atoms with van der Waals surface area (Å²) in [4.78, 5) is 2.96. The van der Waals surface area contributed by atoms with Crippen LogP contribution in [-0.4, -0.2) is 12.1 Å². The third kappa shape index (κ3) is 3.45. The predicted octanol–water partition coefficient (Wildman–Crippen LogP) is 3.31. The van der Waals surface area contributed by atoms with Crippen LogP contribution in [0.1, 0.15) is 15.3 Å². The van der Waals surface area contributed by atoms with Crippen molar-refractivity contribution in [3.05, 3.63) is 45.6 Å². The summed E-state index contributed by atoms with van der Waals surface area (Å²) in [5.74, 6) is 0.782. The summed E-state index contributed by atoms with van der Waals surface area (Å²) in [5.41, 5.74) is 7.47. The molecule has 100 valence electrons. The molecule has 0 saturated heterocycles. The maximum absolute atomic E-state index is 5.73. The molecule has 0 spiro atoms. The molecule has 0 saturated carbocycles. The quantitative estimate of drug-likeness (QED) is 0.830. The third-order valence-electron chi connectivity index (χ3n) is 2.74. The first kappa shape index (κ1) is 13.8. The standard InChI is InChI=1S/C14H16N2OS2/c1-9-3-5-11(19-9)8-16-13-7-10(17-2)4-6-12(13)14(15)18/h3-7,16H,8H2,1-2H3,(H2,15,18). The molecule has 2 aromatic rings. The van der Waals surface area contributed by atoms with Gasteiger partial charge in [0.05, 0.1) is 7.11 Å². The van der Waals surface area contributed by atoms with Gasteiger partial charge in [0.1, 0.15) is 10.7 Å². The molecule has 2 rings (SSSR count). The van der Waals surface area contributed by atoms with Gasteiger partial charge in [0.25, 0.3) is 0 Å². The Morgan fingerprint density at radius 1 is 1.37 bits per heavy atom. The van der Waals surface area contributed by atoms with Crippen molar-refractivity contribution in [3.8, 4) is 5.75 Å². The lowest BCUT2D eigenvalue weighted by molar-refractivity contribution is 0.415. The van der Waals surface area contributed by atoms with Crippen molar-refractivity contribution in [3.63, 3.8) is 0 Å². The Kier molecular flexibility index (Phi) is 4.39. The van der Waals surface area contributed by atoms with E-state index < -0.39 is 0 Å². The molecule has 0 fully saturated rings. The van der Waals surface area contributed by atoms with Crippen molar-refractivity contribution < 1.29 is 4.74 Å². The zero-order valence-electron chi connectivity index (χ0n) is 10.9. The monoisotopic (exact) mass is 292 g/mol. The number of ether oxygens (including phenoxy) is 1. The van der Waals surface area contributed by atoms with Crippen molar-refractivity contribution in [2.45, 2.75) is 13.5 Å². The smallest absolute Gasteiger partial charge is 0.120 e. The Hall–Kier alpha value is -1.59. The number of rotatable bonds is 5. The fourth-order valence-corrected chi connectivity index (χ4v) is 2.78. The van der Waals surface area contributed by atoms with E-state index in [4.69, 9.17) is 22.7 Å². The van der Waals surface area contributed by atoms with Gasteiger partial charge in [0, 0.05) is 33.6 Å². The molecular weight excluding hydrogens is 276 g/mol. The third-order valence-corrected chi connectivity index (χ3v) is 3.96. The summed E-state index contributed by atoms with van der Waals surface area (Å²) in [7, 11) is 1.64. The molecule has 3 N–H and O–H groups in total. The topological polar surface area (TPSA) is 47.3 Å². The van der Waals surface area contributed by atoms with Crippen molar-refractivity contribution >= 4 is 34.2 Å². The number of aryl methyl sites for hydroxylation is 1. The van der Waals surface area contributed by atoms with Gasteiger partial charge in [-0.1, -0.05) is 12.2 Å².